The van der Waals surface area contributed by atoms with Crippen LogP contribution in [-0.2, 0) is 11.3 Å². The van der Waals surface area contributed by atoms with Crippen LogP contribution in [0, 0.1) is 24.4 Å². The number of likely N-dealkylation sites (tertiary alicyclic amines) is 1. The van der Waals surface area contributed by atoms with Crippen LogP contribution in [0.25, 0.3) is 0 Å². The van der Waals surface area contributed by atoms with Gasteiger partial charge >= 0.3 is 0 Å². The lowest BCUT2D eigenvalue weighted by Crippen LogP contribution is -2.40. The first kappa shape index (κ1) is 27.6. The molecule has 4 rings (SSSR count). The molecule has 1 heterocycles. The van der Waals surface area contributed by atoms with Gasteiger partial charge in [0.15, 0.2) is 23.2 Å². The SMILES string of the molecule is CNCCNN(C=O)c1ccc(C)c(C2CCN(Cc3ccc(Oc4cc(F)c(F)cc4F)cc3)CC2)c1. The van der Waals surface area contributed by atoms with Crippen LogP contribution in [0.1, 0.15) is 35.4 Å². The highest BCUT2D eigenvalue weighted by Gasteiger charge is 2.23. The molecule has 0 aliphatic carbocycles. The zero-order valence-electron chi connectivity index (χ0n) is 21.6. The van der Waals surface area contributed by atoms with E-state index < -0.39 is 17.5 Å². The van der Waals surface area contributed by atoms with Crippen LogP contribution in [0.5, 0.6) is 11.5 Å². The Hall–Kier alpha value is -3.40. The molecule has 3 aromatic carbocycles. The maximum atomic E-state index is 13.9. The number of ether oxygens (including phenoxy) is 1. The highest BCUT2D eigenvalue weighted by Crippen LogP contribution is 2.33. The van der Waals surface area contributed by atoms with Gasteiger partial charge in [-0.2, -0.15) is 0 Å². The molecular formula is C29H33F3N4O2. The van der Waals surface area contributed by atoms with E-state index in [9.17, 15) is 18.0 Å². The summed E-state index contributed by atoms with van der Waals surface area (Å²) in [7, 11) is 1.87. The smallest absolute Gasteiger partial charge is 0.228 e. The molecule has 0 aromatic heterocycles. The van der Waals surface area contributed by atoms with E-state index in [2.05, 4.69) is 34.7 Å². The fourth-order valence-electron chi connectivity index (χ4n) is 4.74. The van der Waals surface area contributed by atoms with Gasteiger partial charge in [0, 0.05) is 31.8 Å². The van der Waals surface area contributed by atoms with Gasteiger partial charge in [-0.25, -0.2) is 23.6 Å². The van der Waals surface area contributed by atoms with Gasteiger partial charge in [0.2, 0.25) is 6.41 Å². The number of nitrogens with one attached hydrogen (secondary N) is 2. The fraction of sp³-hybridized carbons (Fsp3) is 0.345. The minimum Gasteiger partial charge on any atom is -0.454 e. The zero-order valence-corrected chi connectivity index (χ0v) is 21.6. The van der Waals surface area contributed by atoms with E-state index in [4.69, 9.17) is 4.74 Å². The van der Waals surface area contributed by atoms with Crippen LogP contribution < -0.4 is 20.5 Å². The molecule has 0 radical (unpaired) electrons. The van der Waals surface area contributed by atoms with E-state index in [1.54, 1.807) is 12.1 Å². The quantitative estimate of drug-likeness (QED) is 0.154. The van der Waals surface area contributed by atoms with Crippen molar-refractivity contribution in [2.45, 2.75) is 32.2 Å². The second-order valence-electron chi connectivity index (χ2n) is 9.52. The average molecular weight is 527 g/mol. The fourth-order valence-corrected chi connectivity index (χ4v) is 4.74. The summed E-state index contributed by atoms with van der Waals surface area (Å²) in [6.45, 7) is 6.14. The molecule has 0 atom stereocenters. The molecule has 0 spiro atoms. The summed E-state index contributed by atoms with van der Waals surface area (Å²) in [6.07, 6.45) is 2.82. The highest BCUT2D eigenvalue weighted by molar-refractivity contribution is 5.74. The molecule has 9 heteroatoms. The molecule has 202 valence electrons. The Morgan fingerprint density at radius 2 is 1.68 bits per heavy atom. The number of piperidine rings is 1. The molecule has 1 aliphatic rings. The number of aryl methyl sites for hydroxylation is 1. The van der Waals surface area contributed by atoms with Crippen molar-refractivity contribution < 1.29 is 22.7 Å². The monoisotopic (exact) mass is 526 g/mol. The first-order valence-electron chi connectivity index (χ1n) is 12.7. The molecule has 1 aliphatic heterocycles. The normalized spacial score (nSPS) is 14.4. The predicted octanol–water partition coefficient (Wildman–Crippen LogP) is 5.27. The molecule has 0 bridgehead atoms. The predicted molar refractivity (Wildman–Crippen MR) is 142 cm³/mol. The standard InChI is InChI=1S/C29H33F3N4O2/c1-20-3-6-23(36(19-37)34-12-11-33-2)15-25(20)22-9-13-35(14-10-22)18-21-4-7-24(8-5-21)38-29-17-27(31)26(30)16-28(29)32/h3-8,15-17,19,22,33-34H,9-14,18H2,1-2H3. The Kier molecular flexibility index (Phi) is 9.38. The minimum atomic E-state index is -1.25. The van der Waals surface area contributed by atoms with Gasteiger partial charge in [0.1, 0.15) is 5.75 Å². The number of hydrogen-bond donors (Lipinski definition) is 2. The Balaban J connectivity index is 1.33. The van der Waals surface area contributed by atoms with Crippen LogP contribution in [0.2, 0.25) is 0 Å². The largest absolute Gasteiger partial charge is 0.454 e. The van der Waals surface area contributed by atoms with Crippen molar-refractivity contribution in [1.29, 1.82) is 0 Å². The third-order valence-corrected chi connectivity index (χ3v) is 6.86. The van der Waals surface area contributed by atoms with Gasteiger partial charge < -0.3 is 10.1 Å². The van der Waals surface area contributed by atoms with Crippen molar-refractivity contribution in [3.63, 3.8) is 0 Å². The number of hydrogen-bond acceptors (Lipinski definition) is 5. The van der Waals surface area contributed by atoms with Crippen molar-refractivity contribution in [3.8, 4) is 11.5 Å². The number of amides is 1. The molecule has 0 saturated carbocycles. The van der Waals surface area contributed by atoms with Crippen molar-refractivity contribution >= 4 is 12.1 Å². The van der Waals surface area contributed by atoms with E-state index in [1.165, 1.54) is 16.1 Å². The molecule has 0 unspecified atom stereocenters. The molecule has 6 nitrogen and oxygen atoms in total. The number of anilines is 1. The second kappa shape index (κ2) is 12.9. The molecule has 38 heavy (non-hydrogen) atoms. The summed E-state index contributed by atoms with van der Waals surface area (Å²) in [5.74, 6) is -2.97. The number of rotatable bonds is 11. The van der Waals surface area contributed by atoms with Crippen LogP contribution in [-0.4, -0.2) is 44.5 Å². The maximum Gasteiger partial charge on any atom is 0.228 e. The van der Waals surface area contributed by atoms with Crippen molar-refractivity contribution in [2.24, 2.45) is 0 Å². The first-order valence-corrected chi connectivity index (χ1v) is 12.7. The lowest BCUT2D eigenvalue weighted by molar-refractivity contribution is -0.108. The molecule has 1 saturated heterocycles. The van der Waals surface area contributed by atoms with E-state index >= 15 is 0 Å². The number of carbonyl (C=O) groups is 1. The number of likely N-dealkylation sites (N-methyl/N-ethyl adjacent to an activating group) is 1. The topological polar surface area (TPSA) is 56.8 Å². The van der Waals surface area contributed by atoms with Crippen molar-refractivity contribution in [1.82, 2.24) is 15.6 Å². The third kappa shape index (κ3) is 6.92. The third-order valence-electron chi connectivity index (χ3n) is 6.86. The average Bonchev–Trinajstić information content (AvgIpc) is 2.92. The van der Waals surface area contributed by atoms with Gasteiger partial charge in [0.05, 0.1) is 5.69 Å². The highest BCUT2D eigenvalue weighted by atomic mass is 19.2. The maximum absolute atomic E-state index is 13.9. The Bertz CT molecular complexity index is 1230. The summed E-state index contributed by atoms with van der Waals surface area (Å²) in [6, 6.07) is 14.5. The first-order chi connectivity index (χ1) is 18.4. The lowest BCUT2D eigenvalue weighted by Gasteiger charge is -2.33. The summed E-state index contributed by atoms with van der Waals surface area (Å²) in [5, 5.41) is 4.59. The van der Waals surface area contributed by atoms with Crippen molar-refractivity contribution in [3.05, 3.63) is 88.7 Å². The van der Waals surface area contributed by atoms with E-state index in [1.807, 2.05) is 25.2 Å². The summed E-state index contributed by atoms with van der Waals surface area (Å²) in [4.78, 5) is 14.0. The van der Waals surface area contributed by atoms with Gasteiger partial charge in [0.25, 0.3) is 0 Å². The number of halogens is 3. The second-order valence-corrected chi connectivity index (χ2v) is 9.52. The van der Waals surface area contributed by atoms with Crippen LogP contribution in [0.3, 0.4) is 0 Å². The molecule has 2 N–H and O–H groups in total. The van der Waals surface area contributed by atoms with Gasteiger partial charge in [-0.05, 0) is 86.8 Å². The molecule has 1 amide bonds. The summed E-state index contributed by atoms with van der Waals surface area (Å²) in [5.41, 5.74) is 7.54. The van der Waals surface area contributed by atoms with E-state index in [0.29, 0.717) is 30.3 Å². The molecule has 1 fully saturated rings. The van der Waals surface area contributed by atoms with Crippen LogP contribution in [0.15, 0.2) is 54.6 Å². The summed E-state index contributed by atoms with van der Waals surface area (Å²) < 4.78 is 45.8. The zero-order chi connectivity index (χ0) is 27.1. The van der Waals surface area contributed by atoms with Crippen LogP contribution in [0.4, 0.5) is 18.9 Å². The minimum absolute atomic E-state index is 0.345. The number of hydrazine groups is 1. The Labute approximate surface area is 221 Å². The molecule has 3 aromatic rings. The molecular weight excluding hydrogens is 493 g/mol. The van der Waals surface area contributed by atoms with E-state index in [-0.39, 0.29) is 5.75 Å². The van der Waals surface area contributed by atoms with E-state index in [0.717, 1.165) is 56.7 Å². The number of carbonyl (C=O) groups excluding carboxylic acids is 1. The van der Waals surface area contributed by atoms with Crippen LogP contribution >= 0.6 is 0 Å². The number of nitrogens with zero attached hydrogens (tertiary/aromatic N) is 2. The Morgan fingerprint density at radius 3 is 2.37 bits per heavy atom. The Morgan fingerprint density at radius 1 is 0.974 bits per heavy atom. The van der Waals surface area contributed by atoms with Gasteiger partial charge in [-0.3, -0.25) is 9.69 Å². The number of benzene rings is 3. The van der Waals surface area contributed by atoms with Crippen molar-refractivity contribution in [2.75, 3.05) is 38.2 Å². The van der Waals surface area contributed by atoms with Gasteiger partial charge in [-0.1, -0.05) is 18.2 Å². The van der Waals surface area contributed by atoms with Gasteiger partial charge in [-0.15, -0.1) is 0 Å². The lowest BCUT2D eigenvalue weighted by atomic mass is 9.86. The summed E-state index contributed by atoms with van der Waals surface area (Å²) >= 11 is 0.